The normalized spacial score (nSPS) is 12.3. The smallest absolute Gasteiger partial charge is 0.264 e. The Bertz CT molecular complexity index is 1720. The molecule has 0 bridgehead atoms. The SMILES string of the molecule is Cc1ccc(N(CC(=O)N(Cc2cccc(Cl)c2)C(Cc2ccccc2)C(=O)NC(C)(C)C)S(=O)(=O)c2ccc(C)cc2)cc1. The van der Waals surface area contributed by atoms with Gasteiger partial charge in [0.15, 0.2) is 0 Å². The largest absolute Gasteiger partial charge is 0.350 e. The van der Waals surface area contributed by atoms with Crippen molar-refractivity contribution in [2.75, 3.05) is 10.8 Å². The Hall–Kier alpha value is -4.14. The summed E-state index contributed by atoms with van der Waals surface area (Å²) in [5.74, 6) is -0.874. The molecule has 1 unspecified atom stereocenters. The number of hydrogen-bond donors (Lipinski definition) is 1. The molecule has 4 aromatic rings. The van der Waals surface area contributed by atoms with Crippen molar-refractivity contribution in [3.63, 3.8) is 0 Å². The molecule has 0 aliphatic carbocycles. The number of aryl methyl sites for hydroxylation is 2. The van der Waals surface area contributed by atoms with E-state index in [4.69, 9.17) is 11.6 Å². The zero-order chi connectivity index (χ0) is 32.8. The highest BCUT2D eigenvalue weighted by atomic mass is 35.5. The zero-order valence-electron chi connectivity index (χ0n) is 26.3. The van der Waals surface area contributed by atoms with Crippen molar-refractivity contribution in [2.24, 2.45) is 0 Å². The first-order valence-electron chi connectivity index (χ1n) is 14.8. The first-order chi connectivity index (χ1) is 21.2. The van der Waals surface area contributed by atoms with Crippen LogP contribution in [0.3, 0.4) is 0 Å². The molecule has 0 heterocycles. The minimum Gasteiger partial charge on any atom is -0.350 e. The molecule has 0 saturated carbocycles. The molecule has 1 N–H and O–H groups in total. The number of anilines is 1. The number of carbonyl (C=O) groups excluding carboxylic acids is 2. The highest BCUT2D eigenvalue weighted by Gasteiger charge is 2.35. The molecular formula is C36H40ClN3O4S. The van der Waals surface area contributed by atoms with Gasteiger partial charge in [-0.2, -0.15) is 0 Å². The third kappa shape index (κ3) is 9.19. The van der Waals surface area contributed by atoms with E-state index in [0.717, 1.165) is 21.0 Å². The molecule has 9 heteroatoms. The van der Waals surface area contributed by atoms with Gasteiger partial charge in [-0.1, -0.05) is 89.5 Å². The fourth-order valence-corrected chi connectivity index (χ4v) is 6.54. The Kier molecular flexibility index (Phi) is 10.7. The summed E-state index contributed by atoms with van der Waals surface area (Å²) >= 11 is 6.31. The molecular weight excluding hydrogens is 606 g/mol. The maximum Gasteiger partial charge on any atom is 0.264 e. The van der Waals surface area contributed by atoms with Crippen LogP contribution < -0.4 is 9.62 Å². The van der Waals surface area contributed by atoms with Crippen LogP contribution in [-0.4, -0.2) is 43.3 Å². The standard InChI is InChI=1S/C36H40ClN3O4S/c1-26-14-18-31(19-15-26)40(45(43,44)32-20-16-27(2)17-21-32)25-34(41)39(24-29-12-9-13-30(37)22-29)33(35(42)38-36(3,4)5)23-28-10-7-6-8-11-28/h6-22,33H,23-25H2,1-5H3,(H,38,42). The highest BCUT2D eigenvalue weighted by Crippen LogP contribution is 2.26. The number of rotatable bonds is 11. The van der Waals surface area contributed by atoms with E-state index in [-0.39, 0.29) is 23.8 Å². The van der Waals surface area contributed by atoms with Crippen LogP contribution in [0.15, 0.2) is 108 Å². The van der Waals surface area contributed by atoms with Crippen LogP contribution in [0.2, 0.25) is 5.02 Å². The lowest BCUT2D eigenvalue weighted by Crippen LogP contribution is -2.56. The second-order valence-corrected chi connectivity index (χ2v) is 14.6. The van der Waals surface area contributed by atoms with E-state index in [1.165, 1.54) is 17.0 Å². The van der Waals surface area contributed by atoms with E-state index < -0.39 is 34.1 Å². The summed E-state index contributed by atoms with van der Waals surface area (Å²) in [6.45, 7) is 8.93. The molecule has 0 spiro atoms. The van der Waals surface area contributed by atoms with Crippen molar-refractivity contribution in [3.05, 3.63) is 130 Å². The quantitative estimate of drug-likeness (QED) is 0.197. The lowest BCUT2D eigenvalue weighted by atomic mass is 10.0. The van der Waals surface area contributed by atoms with Crippen molar-refractivity contribution in [1.82, 2.24) is 10.2 Å². The summed E-state index contributed by atoms with van der Waals surface area (Å²) in [7, 11) is -4.16. The first kappa shape index (κ1) is 33.7. The van der Waals surface area contributed by atoms with E-state index in [9.17, 15) is 18.0 Å². The molecule has 4 rings (SSSR count). The van der Waals surface area contributed by atoms with Gasteiger partial charge >= 0.3 is 0 Å². The predicted molar refractivity (Wildman–Crippen MR) is 181 cm³/mol. The van der Waals surface area contributed by atoms with Gasteiger partial charge in [0.2, 0.25) is 11.8 Å². The summed E-state index contributed by atoms with van der Waals surface area (Å²) < 4.78 is 29.4. The van der Waals surface area contributed by atoms with Crippen LogP contribution in [0.4, 0.5) is 5.69 Å². The Morgan fingerprint density at radius 3 is 1.96 bits per heavy atom. The molecule has 0 saturated heterocycles. The molecule has 0 fully saturated rings. The fourth-order valence-electron chi connectivity index (χ4n) is 4.92. The van der Waals surface area contributed by atoms with Gasteiger partial charge in [-0.15, -0.1) is 0 Å². The number of nitrogens with one attached hydrogen (secondary N) is 1. The molecule has 7 nitrogen and oxygen atoms in total. The second kappa shape index (κ2) is 14.3. The number of sulfonamides is 1. The predicted octanol–water partition coefficient (Wildman–Crippen LogP) is 6.71. The van der Waals surface area contributed by atoms with E-state index >= 15 is 0 Å². The van der Waals surface area contributed by atoms with Crippen LogP contribution in [0.5, 0.6) is 0 Å². The monoisotopic (exact) mass is 645 g/mol. The minimum absolute atomic E-state index is 0.0424. The average molecular weight is 646 g/mol. The zero-order valence-corrected chi connectivity index (χ0v) is 27.9. The van der Waals surface area contributed by atoms with Crippen LogP contribution in [0.25, 0.3) is 0 Å². The van der Waals surface area contributed by atoms with Gasteiger partial charge < -0.3 is 10.2 Å². The van der Waals surface area contributed by atoms with Gasteiger partial charge in [0.25, 0.3) is 10.0 Å². The van der Waals surface area contributed by atoms with Crippen LogP contribution >= 0.6 is 11.6 Å². The van der Waals surface area contributed by atoms with E-state index in [0.29, 0.717) is 16.3 Å². The van der Waals surface area contributed by atoms with E-state index in [1.807, 2.05) is 71.0 Å². The van der Waals surface area contributed by atoms with Crippen molar-refractivity contribution in [1.29, 1.82) is 0 Å². The Morgan fingerprint density at radius 2 is 1.38 bits per heavy atom. The maximum atomic E-state index is 14.5. The van der Waals surface area contributed by atoms with Crippen molar-refractivity contribution in [3.8, 4) is 0 Å². The third-order valence-electron chi connectivity index (χ3n) is 7.22. The number of nitrogens with zero attached hydrogens (tertiary/aromatic N) is 2. The Balaban J connectivity index is 1.81. The molecule has 0 aromatic heterocycles. The fraction of sp³-hybridized carbons (Fsp3) is 0.278. The van der Waals surface area contributed by atoms with Crippen molar-refractivity contribution >= 4 is 39.1 Å². The summed E-state index contributed by atoms with van der Waals surface area (Å²) in [6.07, 6.45) is 0.226. The van der Waals surface area contributed by atoms with Crippen molar-refractivity contribution in [2.45, 2.75) is 64.1 Å². The van der Waals surface area contributed by atoms with E-state index in [2.05, 4.69) is 5.32 Å². The second-order valence-electron chi connectivity index (χ2n) is 12.3. The molecule has 0 aliphatic rings. The van der Waals surface area contributed by atoms with Gasteiger partial charge in [-0.25, -0.2) is 8.42 Å². The summed E-state index contributed by atoms with van der Waals surface area (Å²) in [5, 5.41) is 3.52. The molecule has 0 aliphatic heterocycles. The molecule has 0 radical (unpaired) electrons. The molecule has 236 valence electrons. The van der Waals surface area contributed by atoms with Crippen LogP contribution in [0, 0.1) is 13.8 Å². The molecule has 1 atom stereocenters. The topological polar surface area (TPSA) is 86.8 Å². The number of carbonyl (C=O) groups is 2. The van der Waals surface area contributed by atoms with Gasteiger partial charge in [0, 0.05) is 23.5 Å². The average Bonchev–Trinajstić information content (AvgIpc) is 2.98. The van der Waals surface area contributed by atoms with Crippen LogP contribution in [-0.2, 0) is 32.6 Å². The lowest BCUT2D eigenvalue weighted by Gasteiger charge is -2.35. The number of hydrogen-bond acceptors (Lipinski definition) is 4. The molecule has 45 heavy (non-hydrogen) atoms. The summed E-state index contributed by atoms with van der Waals surface area (Å²) in [4.78, 5) is 30.0. The third-order valence-corrected chi connectivity index (χ3v) is 9.24. The van der Waals surface area contributed by atoms with E-state index in [1.54, 1.807) is 54.6 Å². The number of benzene rings is 4. The number of halogens is 1. The molecule has 4 aromatic carbocycles. The Morgan fingerprint density at radius 1 is 0.800 bits per heavy atom. The maximum absolute atomic E-state index is 14.5. The summed E-state index contributed by atoms with van der Waals surface area (Å²) in [5.41, 5.74) is 3.20. The van der Waals surface area contributed by atoms with Gasteiger partial charge in [0.1, 0.15) is 12.6 Å². The lowest BCUT2D eigenvalue weighted by molar-refractivity contribution is -0.140. The van der Waals surface area contributed by atoms with Gasteiger partial charge in [-0.3, -0.25) is 13.9 Å². The minimum atomic E-state index is -4.16. The van der Waals surface area contributed by atoms with Gasteiger partial charge in [-0.05, 0) is 82.1 Å². The molecule has 2 amide bonds. The van der Waals surface area contributed by atoms with Gasteiger partial charge in [0.05, 0.1) is 10.6 Å². The van der Waals surface area contributed by atoms with Crippen molar-refractivity contribution < 1.29 is 18.0 Å². The van der Waals surface area contributed by atoms with Crippen LogP contribution in [0.1, 0.15) is 43.0 Å². The Labute approximate surface area is 271 Å². The summed E-state index contributed by atoms with van der Waals surface area (Å²) in [6, 6.07) is 29.1. The number of amides is 2. The first-order valence-corrected chi connectivity index (χ1v) is 16.6. The highest BCUT2D eigenvalue weighted by molar-refractivity contribution is 7.92.